The van der Waals surface area contributed by atoms with Crippen LogP contribution in [-0.4, -0.2) is 23.4 Å². The number of Topliss-reactive ketones (excluding diaryl/α,β-unsaturated/α-hetero) is 1. The Bertz CT molecular complexity index is 1220. The number of carbonyl (C=O) groups excluding carboxylic acids is 1. The summed E-state index contributed by atoms with van der Waals surface area (Å²) in [7, 11) is 0. The highest BCUT2D eigenvalue weighted by molar-refractivity contribution is 7.18. The Morgan fingerprint density at radius 1 is 0.967 bits per heavy atom. The molecule has 0 N–H and O–H groups in total. The van der Waals surface area contributed by atoms with E-state index in [0.29, 0.717) is 6.42 Å². The van der Waals surface area contributed by atoms with Crippen LogP contribution in [-0.2, 0) is 11.8 Å². The second kappa shape index (κ2) is 6.78. The molecule has 0 unspecified atom stereocenters. The van der Waals surface area contributed by atoms with E-state index in [1.54, 1.807) is 11.3 Å². The highest BCUT2D eigenvalue weighted by Crippen LogP contribution is 2.50. The lowest BCUT2D eigenvalue weighted by Crippen LogP contribution is -2.57. The summed E-state index contributed by atoms with van der Waals surface area (Å²) in [5, 5.41) is 0.962. The molecule has 148 valence electrons. The summed E-state index contributed by atoms with van der Waals surface area (Å²) in [6.45, 7) is 0.996. The number of thiazole rings is 1. The molecule has 4 aromatic rings. The van der Waals surface area contributed by atoms with Crippen molar-refractivity contribution in [2.24, 2.45) is 0 Å². The van der Waals surface area contributed by atoms with Crippen LogP contribution in [0.3, 0.4) is 0 Å². The van der Waals surface area contributed by atoms with E-state index in [4.69, 9.17) is 4.98 Å². The zero-order valence-electron chi connectivity index (χ0n) is 16.6. The molecule has 2 aliphatic heterocycles. The van der Waals surface area contributed by atoms with Gasteiger partial charge in [-0.25, -0.2) is 4.98 Å². The van der Waals surface area contributed by atoms with Crippen molar-refractivity contribution < 1.29 is 4.79 Å². The summed E-state index contributed by atoms with van der Waals surface area (Å²) < 4.78 is 1.15. The SMILES string of the molecule is O=C(c1ccccc1)[C@]1(c2nc3ccccc3s2)Cc2ccccc2N2CCC[C@@H]21. The van der Waals surface area contributed by atoms with Gasteiger partial charge in [0.15, 0.2) is 5.78 Å². The highest BCUT2D eigenvalue weighted by Gasteiger charge is 2.56. The van der Waals surface area contributed by atoms with Crippen LogP contribution in [0.15, 0.2) is 78.9 Å². The molecule has 0 radical (unpaired) electrons. The normalized spacial score (nSPS) is 22.7. The molecule has 0 saturated carbocycles. The van der Waals surface area contributed by atoms with E-state index >= 15 is 0 Å². The van der Waals surface area contributed by atoms with Crippen LogP contribution in [0.2, 0.25) is 0 Å². The predicted octanol–water partition coefficient (Wildman–Crippen LogP) is 5.64. The molecule has 2 aliphatic rings. The van der Waals surface area contributed by atoms with Crippen molar-refractivity contribution in [3.63, 3.8) is 0 Å². The number of hydrogen-bond donors (Lipinski definition) is 0. The average Bonchev–Trinajstić information content (AvgIpc) is 3.46. The van der Waals surface area contributed by atoms with Gasteiger partial charge in [-0.2, -0.15) is 0 Å². The second-order valence-corrected chi connectivity index (χ2v) is 9.34. The van der Waals surface area contributed by atoms with Crippen LogP contribution in [0.1, 0.15) is 33.8 Å². The van der Waals surface area contributed by atoms with E-state index in [0.717, 1.165) is 40.2 Å². The first-order valence-corrected chi connectivity index (χ1v) is 11.4. The van der Waals surface area contributed by atoms with E-state index < -0.39 is 5.41 Å². The molecule has 2 atom stereocenters. The van der Waals surface area contributed by atoms with E-state index in [-0.39, 0.29) is 11.8 Å². The average molecular weight is 411 g/mol. The monoisotopic (exact) mass is 410 g/mol. The highest BCUT2D eigenvalue weighted by atomic mass is 32.1. The first-order valence-electron chi connectivity index (χ1n) is 10.6. The van der Waals surface area contributed by atoms with Gasteiger partial charge in [0, 0.05) is 23.8 Å². The molecule has 4 heteroatoms. The molecule has 0 spiro atoms. The smallest absolute Gasteiger partial charge is 0.178 e. The van der Waals surface area contributed by atoms with Crippen molar-refractivity contribution in [2.45, 2.75) is 30.7 Å². The molecular weight excluding hydrogens is 388 g/mol. The number of hydrogen-bond acceptors (Lipinski definition) is 4. The van der Waals surface area contributed by atoms with E-state index in [2.05, 4.69) is 41.3 Å². The Labute approximate surface area is 180 Å². The first-order chi connectivity index (χ1) is 14.8. The van der Waals surface area contributed by atoms with Gasteiger partial charge in [-0.3, -0.25) is 4.79 Å². The lowest BCUT2D eigenvalue weighted by molar-refractivity contribution is 0.0849. The Morgan fingerprint density at radius 2 is 1.73 bits per heavy atom. The number of anilines is 1. The summed E-state index contributed by atoms with van der Waals surface area (Å²) >= 11 is 1.69. The minimum Gasteiger partial charge on any atom is -0.367 e. The number of ketones is 1. The van der Waals surface area contributed by atoms with E-state index in [1.165, 1.54) is 11.3 Å². The van der Waals surface area contributed by atoms with Gasteiger partial charge in [0.1, 0.15) is 10.4 Å². The molecule has 0 bridgehead atoms. The van der Waals surface area contributed by atoms with Gasteiger partial charge in [0.05, 0.1) is 10.2 Å². The Morgan fingerprint density at radius 3 is 2.60 bits per heavy atom. The molecule has 30 heavy (non-hydrogen) atoms. The number of para-hydroxylation sites is 2. The van der Waals surface area contributed by atoms with Gasteiger partial charge in [-0.05, 0) is 43.0 Å². The van der Waals surface area contributed by atoms with E-state index in [9.17, 15) is 4.79 Å². The van der Waals surface area contributed by atoms with Crippen LogP contribution in [0.4, 0.5) is 5.69 Å². The quantitative estimate of drug-likeness (QED) is 0.410. The number of benzene rings is 3. The fourth-order valence-electron chi connectivity index (χ4n) is 5.38. The van der Waals surface area contributed by atoms with Crippen molar-refractivity contribution in [1.29, 1.82) is 0 Å². The molecule has 0 amide bonds. The third-order valence-electron chi connectivity index (χ3n) is 6.71. The van der Waals surface area contributed by atoms with Crippen molar-refractivity contribution in [1.82, 2.24) is 4.98 Å². The molecule has 0 aliphatic carbocycles. The van der Waals surface area contributed by atoms with Gasteiger partial charge in [-0.15, -0.1) is 11.3 Å². The second-order valence-electron chi connectivity index (χ2n) is 8.31. The topological polar surface area (TPSA) is 33.2 Å². The van der Waals surface area contributed by atoms with Gasteiger partial charge in [0.2, 0.25) is 0 Å². The molecular formula is C26H22N2OS. The summed E-state index contributed by atoms with van der Waals surface area (Å²) in [4.78, 5) is 21.8. The number of aromatic nitrogens is 1. The van der Waals surface area contributed by atoms with Crippen molar-refractivity contribution in [3.05, 3.63) is 95.0 Å². The van der Waals surface area contributed by atoms with Gasteiger partial charge < -0.3 is 4.90 Å². The molecule has 1 fully saturated rings. The summed E-state index contributed by atoms with van der Waals surface area (Å²) in [5.74, 6) is 0.202. The number of rotatable bonds is 3. The standard InChI is InChI=1S/C26H22N2OS/c29-24(18-9-2-1-3-10-18)26(25-27-20-12-5-7-14-22(20)30-25)17-19-11-4-6-13-21(19)28-16-8-15-23(26)28/h1-7,9-14,23H,8,15-17H2/t23-,26+/m1/s1. The van der Waals surface area contributed by atoms with E-state index in [1.807, 2.05) is 42.5 Å². The maximum absolute atomic E-state index is 14.3. The minimum atomic E-state index is -0.657. The Balaban J connectivity index is 1.63. The summed E-state index contributed by atoms with van der Waals surface area (Å²) in [5.41, 5.74) is 3.65. The number of nitrogens with zero attached hydrogens (tertiary/aromatic N) is 2. The third kappa shape index (κ3) is 2.50. The molecule has 3 nitrogen and oxygen atoms in total. The van der Waals surface area contributed by atoms with Gasteiger partial charge in [-0.1, -0.05) is 60.7 Å². The molecule has 1 aromatic heterocycles. The lowest BCUT2D eigenvalue weighted by atomic mass is 9.67. The molecule has 1 saturated heterocycles. The maximum atomic E-state index is 14.3. The third-order valence-corrected chi connectivity index (χ3v) is 7.92. The van der Waals surface area contributed by atoms with Crippen molar-refractivity contribution in [3.8, 4) is 0 Å². The summed E-state index contributed by atoms with van der Waals surface area (Å²) in [6.07, 6.45) is 2.83. The lowest BCUT2D eigenvalue weighted by Gasteiger charge is -2.46. The minimum absolute atomic E-state index is 0.140. The Hall–Kier alpha value is -2.98. The van der Waals surface area contributed by atoms with Crippen LogP contribution >= 0.6 is 11.3 Å². The van der Waals surface area contributed by atoms with Gasteiger partial charge in [0.25, 0.3) is 0 Å². The number of carbonyl (C=O) groups is 1. The zero-order chi connectivity index (χ0) is 20.1. The maximum Gasteiger partial charge on any atom is 0.178 e. The van der Waals surface area contributed by atoms with Crippen LogP contribution in [0.25, 0.3) is 10.2 Å². The largest absolute Gasteiger partial charge is 0.367 e. The molecule has 3 aromatic carbocycles. The number of fused-ring (bicyclic) bond motifs is 4. The van der Waals surface area contributed by atoms with Crippen molar-refractivity contribution in [2.75, 3.05) is 11.4 Å². The molecule has 3 heterocycles. The van der Waals surface area contributed by atoms with Crippen LogP contribution < -0.4 is 4.90 Å². The van der Waals surface area contributed by atoms with Gasteiger partial charge >= 0.3 is 0 Å². The Kier molecular flexibility index (Phi) is 4.03. The zero-order valence-corrected chi connectivity index (χ0v) is 17.4. The first kappa shape index (κ1) is 17.8. The fourth-order valence-corrected chi connectivity index (χ4v) is 6.58. The molecule has 6 rings (SSSR count). The van der Waals surface area contributed by atoms with Crippen LogP contribution in [0.5, 0.6) is 0 Å². The summed E-state index contributed by atoms with van der Waals surface area (Å²) in [6, 6.07) is 26.8. The van der Waals surface area contributed by atoms with Crippen molar-refractivity contribution >= 4 is 33.0 Å². The van der Waals surface area contributed by atoms with Crippen LogP contribution in [0, 0.1) is 0 Å². The fraction of sp³-hybridized carbons (Fsp3) is 0.231. The predicted molar refractivity (Wildman–Crippen MR) is 123 cm³/mol.